The minimum Gasteiger partial charge on any atom is -0.444 e. The van der Waals surface area contributed by atoms with Gasteiger partial charge in [-0.15, -0.1) is 0 Å². The molecule has 1 saturated heterocycles. The Morgan fingerprint density at radius 3 is 2.38 bits per heavy atom. The Morgan fingerprint density at radius 2 is 1.81 bits per heavy atom. The first-order chi connectivity index (χ1) is 15.0. The SMILES string of the molecule is CC(C)S(=O)(=O)NCCN1CCC(N(C(=O)OC(C)(C)C)[C@@H]2C[C@H]2c2ccccc2)CC1. The second kappa shape index (κ2) is 10.1. The fraction of sp³-hybridized carbons (Fsp3) is 0.708. The zero-order valence-electron chi connectivity index (χ0n) is 20.1. The number of carbonyl (C=O) groups is 1. The monoisotopic (exact) mass is 465 g/mol. The van der Waals surface area contributed by atoms with Gasteiger partial charge in [-0.05, 0) is 59.4 Å². The number of ether oxygens (including phenoxy) is 1. The van der Waals surface area contributed by atoms with Gasteiger partial charge < -0.3 is 14.5 Å². The van der Waals surface area contributed by atoms with E-state index in [1.807, 2.05) is 31.7 Å². The number of hydrogen-bond acceptors (Lipinski definition) is 5. The van der Waals surface area contributed by atoms with Crippen molar-refractivity contribution in [2.45, 2.75) is 82.7 Å². The Bertz CT molecular complexity index is 859. The van der Waals surface area contributed by atoms with Crippen LogP contribution in [-0.4, -0.2) is 73.4 Å². The van der Waals surface area contributed by atoms with E-state index in [0.29, 0.717) is 19.0 Å². The number of benzene rings is 1. The fourth-order valence-electron chi connectivity index (χ4n) is 4.35. The predicted molar refractivity (Wildman–Crippen MR) is 127 cm³/mol. The average molecular weight is 466 g/mol. The van der Waals surface area contributed by atoms with E-state index in [0.717, 1.165) is 32.4 Å². The molecule has 0 bridgehead atoms. The first kappa shape index (κ1) is 25.0. The van der Waals surface area contributed by atoms with Crippen LogP contribution in [0.1, 0.15) is 65.4 Å². The molecule has 0 radical (unpaired) electrons. The highest BCUT2D eigenvalue weighted by Crippen LogP contribution is 2.46. The van der Waals surface area contributed by atoms with Gasteiger partial charge >= 0.3 is 6.09 Å². The van der Waals surface area contributed by atoms with Gasteiger partial charge in [-0.3, -0.25) is 0 Å². The zero-order valence-corrected chi connectivity index (χ0v) is 20.9. The highest BCUT2D eigenvalue weighted by molar-refractivity contribution is 7.90. The van der Waals surface area contributed by atoms with Crippen molar-refractivity contribution in [2.24, 2.45) is 0 Å². The van der Waals surface area contributed by atoms with Crippen molar-refractivity contribution >= 4 is 16.1 Å². The van der Waals surface area contributed by atoms with Gasteiger partial charge in [-0.1, -0.05) is 30.3 Å². The number of hydrogen-bond donors (Lipinski definition) is 1. The number of carbonyl (C=O) groups excluding carboxylic acids is 1. The van der Waals surface area contributed by atoms with Crippen LogP contribution in [0, 0.1) is 0 Å². The molecule has 1 aliphatic carbocycles. The standard InChI is InChI=1S/C24H39N3O4S/c1-18(2)32(29,30)25-13-16-26-14-11-20(12-15-26)27(23(28)31-24(3,4)5)22-17-21(22)19-9-7-6-8-10-19/h6-10,18,20-22,25H,11-17H2,1-5H3/t21-,22+/m0/s1. The number of amides is 1. The molecule has 2 fully saturated rings. The quantitative estimate of drug-likeness (QED) is 0.635. The molecule has 1 aliphatic heterocycles. The number of piperidine rings is 1. The topological polar surface area (TPSA) is 79.0 Å². The Morgan fingerprint density at radius 1 is 1.19 bits per heavy atom. The van der Waals surface area contributed by atoms with E-state index in [-0.39, 0.29) is 18.2 Å². The van der Waals surface area contributed by atoms with Crippen molar-refractivity contribution in [2.75, 3.05) is 26.2 Å². The molecule has 7 nitrogen and oxygen atoms in total. The normalized spacial score (nSPS) is 22.7. The molecule has 2 aliphatic rings. The smallest absolute Gasteiger partial charge is 0.410 e. The summed E-state index contributed by atoms with van der Waals surface area (Å²) in [6.45, 7) is 11.9. The summed E-state index contributed by atoms with van der Waals surface area (Å²) < 4.78 is 32.4. The summed E-state index contributed by atoms with van der Waals surface area (Å²) in [4.78, 5) is 17.4. The minimum absolute atomic E-state index is 0.146. The zero-order chi connectivity index (χ0) is 23.5. The maximum atomic E-state index is 13.2. The van der Waals surface area contributed by atoms with Crippen molar-refractivity contribution in [1.29, 1.82) is 0 Å². The molecule has 3 rings (SSSR count). The molecule has 0 aromatic heterocycles. The number of likely N-dealkylation sites (tertiary alicyclic amines) is 1. The molecular weight excluding hydrogens is 426 g/mol. The van der Waals surface area contributed by atoms with Crippen LogP contribution in [0.4, 0.5) is 4.79 Å². The van der Waals surface area contributed by atoms with Crippen molar-refractivity contribution in [1.82, 2.24) is 14.5 Å². The molecule has 32 heavy (non-hydrogen) atoms. The lowest BCUT2D eigenvalue weighted by Gasteiger charge is -2.39. The number of nitrogens with zero attached hydrogens (tertiary/aromatic N) is 2. The Kier molecular flexibility index (Phi) is 7.89. The molecule has 1 N–H and O–H groups in total. The largest absolute Gasteiger partial charge is 0.444 e. The van der Waals surface area contributed by atoms with Gasteiger partial charge in [0.05, 0.1) is 5.25 Å². The van der Waals surface area contributed by atoms with E-state index < -0.39 is 20.9 Å². The van der Waals surface area contributed by atoms with E-state index in [9.17, 15) is 13.2 Å². The van der Waals surface area contributed by atoms with Crippen LogP contribution < -0.4 is 4.72 Å². The van der Waals surface area contributed by atoms with Gasteiger partial charge in [-0.25, -0.2) is 17.9 Å². The Labute approximate surface area is 193 Å². The summed E-state index contributed by atoms with van der Waals surface area (Å²) >= 11 is 0. The van der Waals surface area contributed by atoms with Crippen molar-refractivity contribution in [3.63, 3.8) is 0 Å². The second-order valence-corrected chi connectivity index (χ2v) is 12.6. The lowest BCUT2D eigenvalue weighted by atomic mass is 10.0. The Balaban J connectivity index is 1.59. The molecule has 180 valence electrons. The van der Waals surface area contributed by atoms with E-state index in [1.54, 1.807) is 13.8 Å². The van der Waals surface area contributed by atoms with Crippen LogP contribution >= 0.6 is 0 Å². The summed E-state index contributed by atoms with van der Waals surface area (Å²) in [5, 5.41) is -0.424. The number of sulfonamides is 1. The van der Waals surface area contributed by atoms with Crippen molar-refractivity contribution in [3.8, 4) is 0 Å². The third kappa shape index (κ3) is 6.68. The Hall–Kier alpha value is -1.64. The summed E-state index contributed by atoms with van der Waals surface area (Å²) in [7, 11) is -3.23. The molecular formula is C24H39N3O4S. The van der Waals surface area contributed by atoms with Gasteiger partial charge in [0.1, 0.15) is 5.60 Å². The molecule has 2 atom stereocenters. The third-order valence-corrected chi connectivity index (χ3v) is 8.10. The van der Waals surface area contributed by atoms with E-state index in [1.165, 1.54) is 5.56 Å². The van der Waals surface area contributed by atoms with Crippen LogP contribution in [-0.2, 0) is 14.8 Å². The van der Waals surface area contributed by atoms with E-state index in [2.05, 4.69) is 33.9 Å². The molecule has 1 heterocycles. The molecule has 0 unspecified atom stereocenters. The fourth-order valence-corrected chi connectivity index (χ4v) is 5.06. The van der Waals surface area contributed by atoms with Gasteiger partial charge in [0.15, 0.2) is 0 Å². The van der Waals surface area contributed by atoms with E-state index in [4.69, 9.17) is 4.74 Å². The minimum atomic E-state index is -3.23. The van der Waals surface area contributed by atoms with Crippen LogP contribution in [0.5, 0.6) is 0 Å². The molecule has 1 amide bonds. The molecule has 0 spiro atoms. The highest BCUT2D eigenvalue weighted by Gasteiger charge is 2.48. The third-order valence-electron chi connectivity index (χ3n) is 6.25. The molecule has 1 aromatic rings. The van der Waals surface area contributed by atoms with Crippen molar-refractivity contribution < 1.29 is 17.9 Å². The highest BCUT2D eigenvalue weighted by atomic mass is 32.2. The number of rotatable bonds is 8. The lowest BCUT2D eigenvalue weighted by Crippen LogP contribution is -2.51. The van der Waals surface area contributed by atoms with Crippen LogP contribution in [0.2, 0.25) is 0 Å². The molecule has 1 saturated carbocycles. The molecule has 8 heteroatoms. The van der Waals surface area contributed by atoms with Crippen LogP contribution in [0.15, 0.2) is 30.3 Å². The van der Waals surface area contributed by atoms with Crippen molar-refractivity contribution in [3.05, 3.63) is 35.9 Å². The summed E-state index contributed by atoms with van der Waals surface area (Å²) in [6.07, 6.45) is 2.49. The van der Waals surface area contributed by atoms with Gasteiger partial charge in [0.25, 0.3) is 0 Å². The van der Waals surface area contributed by atoms with Gasteiger partial charge in [0, 0.05) is 44.2 Å². The van der Waals surface area contributed by atoms with Gasteiger partial charge in [0.2, 0.25) is 10.0 Å². The first-order valence-electron chi connectivity index (χ1n) is 11.7. The first-order valence-corrected chi connectivity index (χ1v) is 13.3. The molecule has 1 aromatic carbocycles. The number of nitrogens with one attached hydrogen (secondary N) is 1. The van der Waals surface area contributed by atoms with Crippen LogP contribution in [0.25, 0.3) is 0 Å². The lowest BCUT2D eigenvalue weighted by molar-refractivity contribution is 0.00539. The summed E-state index contributed by atoms with van der Waals surface area (Å²) in [5.41, 5.74) is 0.752. The van der Waals surface area contributed by atoms with Crippen LogP contribution in [0.3, 0.4) is 0 Å². The summed E-state index contributed by atoms with van der Waals surface area (Å²) in [6, 6.07) is 10.7. The van der Waals surface area contributed by atoms with E-state index >= 15 is 0 Å². The van der Waals surface area contributed by atoms with Gasteiger partial charge in [-0.2, -0.15) is 0 Å². The summed E-state index contributed by atoms with van der Waals surface area (Å²) in [5.74, 6) is 0.368. The maximum Gasteiger partial charge on any atom is 0.410 e. The average Bonchev–Trinajstić information content (AvgIpc) is 3.49. The maximum absolute atomic E-state index is 13.2. The second-order valence-electron chi connectivity index (χ2n) is 10.3. The predicted octanol–water partition coefficient (Wildman–Crippen LogP) is 3.57.